The van der Waals surface area contributed by atoms with E-state index >= 15 is 0 Å². The van der Waals surface area contributed by atoms with E-state index in [0.29, 0.717) is 6.61 Å². The summed E-state index contributed by atoms with van der Waals surface area (Å²) in [6, 6.07) is 6.06. The Balaban J connectivity index is 2.65. The molecule has 0 saturated heterocycles. The third kappa shape index (κ3) is 1.52. The van der Waals surface area contributed by atoms with E-state index in [9.17, 15) is 0 Å². The number of hydrogen-bond donors (Lipinski definition) is 1. The fourth-order valence-electron chi connectivity index (χ4n) is 1.39. The van der Waals surface area contributed by atoms with Crippen LogP contribution in [0, 0.1) is 3.57 Å². The number of H-pyrrole nitrogens is 1. The molecule has 0 aliphatic carbocycles. The molecule has 0 atom stereocenters. The zero-order valence-electron chi connectivity index (χ0n) is 7.30. The van der Waals surface area contributed by atoms with Crippen LogP contribution in [0.2, 0.25) is 0 Å². The number of aromatic amines is 1. The minimum atomic E-state index is 0.709. The Morgan fingerprint density at radius 2 is 2.31 bits per heavy atom. The Bertz CT molecular complexity index is 422. The summed E-state index contributed by atoms with van der Waals surface area (Å²) >= 11 is 2.31. The smallest absolute Gasteiger partial charge is 0.129 e. The summed E-state index contributed by atoms with van der Waals surface area (Å²) in [4.78, 5) is 3.20. The number of hydrogen-bond acceptors (Lipinski definition) is 1. The predicted octanol–water partition coefficient (Wildman–Crippen LogP) is 3.17. The molecule has 0 spiro atoms. The van der Waals surface area contributed by atoms with E-state index in [1.54, 1.807) is 0 Å². The van der Waals surface area contributed by atoms with Crippen molar-refractivity contribution >= 4 is 33.5 Å². The first-order chi connectivity index (χ1) is 6.33. The Morgan fingerprint density at radius 1 is 1.46 bits per heavy atom. The van der Waals surface area contributed by atoms with E-state index in [-0.39, 0.29) is 0 Å². The molecule has 0 aliphatic rings. The molecule has 0 saturated carbocycles. The highest BCUT2D eigenvalue weighted by atomic mass is 127. The standard InChI is InChI=1S/C10H10INO/c1-2-13-9-5-3-4-8-10(9)7(11)6-12-8/h3-6,12H,2H2,1H3. The van der Waals surface area contributed by atoms with Gasteiger partial charge in [0.25, 0.3) is 0 Å². The van der Waals surface area contributed by atoms with Gasteiger partial charge in [-0.2, -0.15) is 0 Å². The molecular formula is C10H10INO. The van der Waals surface area contributed by atoms with Gasteiger partial charge in [0.05, 0.1) is 17.5 Å². The summed E-state index contributed by atoms with van der Waals surface area (Å²) in [6.45, 7) is 2.71. The number of fused-ring (bicyclic) bond motifs is 1. The first kappa shape index (κ1) is 8.87. The molecule has 0 radical (unpaired) electrons. The number of benzene rings is 1. The average Bonchev–Trinajstić information content (AvgIpc) is 2.50. The van der Waals surface area contributed by atoms with E-state index in [4.69, 9.17) is 4.74 Å². The van der Waals surface area contributed by atoms with E-state index in [1.165, 1.54) is 8.96 Å². The minimum Gasteiger partial charge on any atom is -0.493 e. The number of nitrogens with one attached hydrogen (secondary N) is 1. The van der Waals surface area contributed by atoms with E-state index in [0.717, 1.165) is 11.3 Å². The third-order valence-electron chi connectivity index (χ3n) is 1.92. The number of halogens is 1. The Kier molecular flexibility index (Phi) is 2.44. The van der Waals surface area contributed by atoms with Crippen molar-refractivity contribution in [1.82, 2.24) is 4.98 Å². The van der Waals surface area contributed by atoms with Crippen molar-refractivity contribution in [3.8, 4) is 5.75 Å². The lowest BCUT2D eigenvalue weighted by Gasteiger charge is -2.04. The largest absolute Gasteiger partial charge is 0.493 e. The number of ether oxygens (including phenoxy) is 1. The molecule has 1 aromatic carbocycles. The first-order valence-corrected chi connectivity index (χ1v) is 5.29. The molecule has 1 N–H and O–H groups in total. The van der Waals surface area contributed by atoms with Crippen molar-refractivity contribution < 1.29 is 4.74 Å². The van der Waals surface area contributed by atoms with Crippen LogP contribution in [0.4, 0.5) is 0 Å². The third-order valence-corrected chi connectivity index (χ3v) is 2.77. The second kappa shape index (κ2) is 3.57. The first-order valence-electron chi connectivity index (χ1n) is 4.21. The summed E-state index contributed by atoms with van der Waals surface area (Å²) in [5, 5.41) is 1.19. The number of aromatic nitrogens is 1. The van der Waals surface area contributed by atoms with E-state index in [1.807, 2.05) is 25.3 Å². The highest BCUT2D eigenvalue weighted by Crippen LogP contribution is 2.29. The van der Waals surface area contributed by atoms with E-state index in [2.05, 4.69) is 33.6 Å². The fraction of sp³-hybridized carbons (Fsp3) is 0.200. The molecule has 1 heterocycles. The van der Waals surface area contributed by atoms with Crippen molar-refractivity contribution in [2.45, 2.75) is 6.92 Å². The average molecular weight is 287 g/mol. The molecule has 68 valence electrons. The molecular weight excluding hydrogens is 277 g/mol. The van der Waals surface area contributed by atoms with E-state index < -0.39 is 0 Å². The zero-order valence-corrected chi connectivity index (χ0v) is 9.46. The minimum absolute atomic E-state index is 0.709. The van der Waals surface area contributed by atoms with Crippen molar-refractivity contribution in [2.24, 2.45) is 0 Å². The normalized spacial score (nSPS) is 10.6. The molecule has 3 heteroatoms. The van der Waals surface area contributed by atoms with Crippen LogP contribution in [0.5, 0.6) is 5.75 Å². The molecule has 0 bridgehead atoms. The van der Waals surface area contributed by atoms with Gasteiger partial charge < -0.3 is 9.72 Å². The SMILES string of the molecule is CCOc1cccc2[nH]cc(I)c12. The van der Waals surface area contributed by atoms with Gasteiger partial charge in [-0.05, 0) is 41.6 Å². The molecule has 0 amide bonds. The highest BCUT2D eigenvalue weighted by molar-refractivity contribution is 14.1. The van der Waals surface area contributed by atoms with Crippen molar-refractivity contribution in [3.05, 3.63) is 28.0 Å². The molecule has 0 aliphatic heterocycles. The van der Waals surface area contributed by atoms with Gasteiger partial charge in [-0.3, -0.25) is 0 Å². The molecule has 1 aromatic heterocycles. The fourth-order valence-corrected chi connectivity index (χ4v) is 2.10. The van der Waals surface area contributed by atoms with Gasteiger partial charge in [-0.1, -0.05) is 6.07 Å². The molecule has 13 heavy (non-hydrogen) atoms. The maximum Gasteiger partial charge on any atom is 0.129 e. The lowest BCUT2D eigenvalue weighted by molar-refractivity contribution is 0.344. The summed E-state index contributed by atoms with van der Waals surface area (Å²) in [6.07, 6.45) is 1.99. The Labute approximate surface area is 90.4 Å². The molecule has 2 nitrogen and oxygen atoms in total. The van der Waals surface area contributed by atoms with Crippen LogP contribution in [-0.4, -0.2) is 11.6 Å². The van der Waals surface area contributed by atoms with Crippen LogP contribution in [0.3, 0.4) is 0 Å². The summed E-state index contributed by atoms with van der Waals surface area (Å²) < 4.78 is 6.74. The van der Waals surface area contributed by atoms with Crippen LogP contribution in [0.25, 0.3) is 10.9 Å². The monoisotopic (exact) mass is 287 g/mol. The van der Waals surface area contributed by atoms with Gasteiger partial charge in [-0.25, -0.2) is 0 Å². The van der Waals surface area contributed by atoms with Crippen LogP contribution in [-0.2, 0) is 0 Å². The molecule has 0 unspecified atom stereocenters. The van der Waals surface area contributed by atoms with Crippen LogP contribution >= 0.6 is 22.6 Å². The maximum absolute atomic E-state index is 5.53. The van der Waals surface area contributed by atoms with Crippen molar-refractivity contribution in [1.29, 1.82) is 0 Å². The predicted molar refractivity (Wildman–Crippen MR) is 62.2 cm³/mol. The molecule has 2 rings (SSSR count). The van der Waals surface area contributed by atoms with Gasteiger partial charge in [0, 0.05) is 9.77 Å². The van der Waals surface area contributed by atoms with Crippen LogP contribution < -0.4 is 4.74 Å². The van der Waals surface area contributed by atoms with Gasteiger partial charge in [0.15, 0.2) is 0 Å². The molecule has 2 aromatic rings. The van der Waals surface area contributed by atoms with Gasteiger partial charge in [-0.15, -0.1) is 0 Å². The lowest BCUT2D eigenvalue weighted by Crippen LogP contribution is -1.91. The summed E-state index contributed by atoms with van der Waals surface area (Å²) in [5.74, 6) is 0.964. The molecule has 0 fully saturated rings. The topological polar surface area (TPSA) is 25.0 Å². The van der Waals surface area contributed by atoms with Crippen molar-refractivity contribution in [2.75, 3.05) is 6.61 Å². The summed E-state index contributed by atoms with van der Waals surface area (Å²) in [7, 11) is 0. The summed E-state index contributed by atoms with van der Waals surface area (Å²) in [5.41, 5.74) is 1.13. The van der Waals surface area contributed by atoms with Gasteiger partial charge in [0.1, 0.15) is 5.75 Å². The Hall–Kier alpha value is -0.710. The number of rotatable bonds is 2. The Morgan fingerprint density at radius 3 is 3.08 bits per heavy atom. The van der Waals surface area contributed by atoms with Crippen LogP contribution in [0.1, 0.15) is 6.92 Å². The second-order valence-corrected chi connectivity index (χ2v) is 3.91. The van der Waals surface area contributed by atoms with Crippen molar-refractivity contribution in [3.63, 3.8) is 0 Å². The maximum atomic E-state index is 5.53. The second-order valence-electron chi connectivity index (χ2n) is 2.75. The van der Waals surface area contributed by atoms with Gasteiger partial charge >= 0.3 is 0 Å². The highest BCUT2D eigenvalue weighted by Gasteiger charge is 2.05. The lowest BCUT2D eigenvalue weighted by atomic mass is 10.2. The zero-order chi connectivity index (χ0) is 9.26. The van der Waals surface area contributed by atoms with Crippen LogP contribution in [0.15, 0.2) is 24.4 Å². The quantitative estimate of drug-likeness (QED) is 0.843. The van der Waals surface area contributed by atoms with Gasteiger partial charge in [0.2, 0.25) is 0 Å².